The largest absolute Gasteiger partial charge is 0.496 e. The molecule has 5 nitrogen and oxygen atoms in total. The molecule has 2 aliphatic rings. The van der Waals surface area contributed by atoms with Gasteiger partial charge in [0.25, 0.3) is 0 Å². The van der Waals surface area contributed by atoms with Crippen LogP contribution in [0.2, 0.25) is 0 Å². The van der Waals surface area contributed by atoms with Gasteiger partial charge in [-0.05, 0) is 29.7 Å². The highest BCUT2D eigenvalue weighted by atomic mass is 79.9. The molecule has 4 unspecified atom stereocenters. The second kappa shape index (κ2) is 7.26. The van der Waals surface area contributed by atoms with Gasteiger partial charge in [-0.2, -0.15) is 0 Å². The third kappa shape index (κ3) is 2.68. The second-order valence-electron chi connectivity index (χ2n) is 8.12. The minimum absolute atomic E-state index is 0.169. The summed E-state index contributed by atoms with van der Waals surface area (Å²) in [6, 6.07) is 21.0. The second-order valence-corrected chi connectivity index (χ2v) is 9.03. The highest BCUT2D eigenvalue weighted by molar-refractivity contribution is 9.10. The summed E-state index contributed by atoms with van der Waals surface area (Å²) >= 11 is 3.52. The van der Waals surface area contributed by atoms with E-state index in [2.05, 4.69) is 28.1 Å². The molecule has 1 aliphatic carbocycles. The van der Waals surface area contributed by atoms with Gasteiger partial charge in [-0.25, -0.2) is 0 Å². The summed E-state index contributed by atoms with van der Waals surface area (Å²) in [5.74, 6) is 1.45. The molecular weight excluding hydrogens is 458 g/mol. The van der Waals surface area contributed by atoms with Gasteiger partial charge in [0.1, 0.15) is 17.2 Å². The number of methoxy groups -OCH3 is 2. The number of fused-ring (bicyclic) bond motifs is 3. The third-order valence-corrected chi connectivity index (χ3v) is 7.23. The molecule has 3 aromatic carbocycles. The Morgan fingerprint density at radius 1 is 1.03 bits per heavy atom. The first kappa shape index (κ1) is 20.4. The molecule has 0 aromatic heterocycles. The third-order valence-electron chi connectivity index (χ3n) is 6.71. The number of hydrogen-bond acceptors (Lipinski definition) is 5. The van der Waals surface area contributed by atoms with E-state index in [9.17, 15) is 5.11 Å². The Hall–Kier alpha value is -2.54. The predicted molar refractivity (Wildman–Crippen MR) is 122 cm³/mol. The Bertz CT molecular complexity index is 1120. The molecule has 0 spiro atoms. The lowest BCUT2D eigenvalue weighted by atomic mass is 9.71. The van der Waals surface area contributed by atoms with Gasteiger partial charge in [0.2, 0.25) is 0 Å². The van der Waals surface area contributed by atoms with Gasteiger partial charge in [0, 0.05) is 28.6 Å². The quantitative estimate of drug-likeness (QED) is 0.575. The zero-order valence-corrected chi connectivity index (χ0v) is 18.9. The molecule has 0 bridgehead atoms. The monoisotopic (exact) mass is 481 g/mol. The maximum atomic E-state index is 12.4. The number of nitrogens with two attached hydrogens (primary N) is 1. The summed E-state index contributed by atoms with van der Waals surface area (Å²) in [7, 11) is 3.17. The van der Waals surface area contributed by atoms with Crippen molar-refractivity contribution in [1.29, 1.82) is 0 Å². The molecule has 6 heteroatoms. The Morgan fingerprint density at radius 2 is 1.74 bits per heavy atom. The van der Waals surface area contributed by atoms with E-state index in [0.717, 1.165) is 15.6 Å². The molecule has 1 fully saturated rings. The molecule has 3 N–H and O–H groups in total. The molecule has 1 heterocycles. The van der Waals surface area contributed by atoms with Crippen LogP contribution in [-0.2, 0) is 11.2 Å². The van der Waals surface area contributed by atoms with Gasteiger partial charge in [-0.1, -0.05) is 58.4 Å². The summed E-state index contributed by atoms with van der Waals surface area (Å²) in [6.07, 6.45) is 0.561. The van der Waals surface area contributed by atoms with Crippen LogP contribution in [0.1, 0.15) is 29.0 Å². The maximum absolute atomic E-state index is 12.4. The smallest absolute Gasteiger partial charge is 0.175 e. The molecule has 5 rings (SSSR count). The van der Waals surface area contributed by atoms with Gasteiger partial charge in [-0.15, -0.1) is 0 Å². The fourth-order valence-electron chi connectivity index (χ4n) is 5.36. The van der Waals surface area contributed by atoms with Crippen LogP contribution in [0.4, 0.5) is 0 Å². The van der Waals surface area contributed by atoms with E-state index in [0.29, 0.717) is 29.2 Å². The number of benzene rings is 3. The Balaban J connectivity index is 1.82. The predicted octanol–water partition coefficient (Wildman–Crippen LogP) is 4.46. The van der Waals surface area contributed by atoms with E-state index >= 15 is 0 Å². The molecule has 4 atom stereocenters. The summed E-state index contributed by atoms with van der Waals surface area (Å²) in [5.41, 5.74) is 6.61. The van der Waals surface area contributed by atoms with E-state index in [1.54, 1.807) is 26.4 Å². The first-order valence-corrected chi connectivity index (χ1v) is 11.0. The fraction of sp³-hybridized carbons (Fsp3) is 0.280. The molecule has 160 valence electrons. The Kier molecular flexibility index (Phi) is 4.77. The van der Waals surface area contributed by atoms with Crippen molar-refractivity contribution >= 4 is 15.9 Å². The van der Waals surface area contributed by atoms with Crippen molar-refractivity contribution in [2.45, 2.75) is 29.6 Å². The van der Waals surface area contributed by atoms with Gasteiger partial charge in [0.15, 0.2) is 11.2 Å². The lowest BCUT2D eigenvalue weighted by Gasteiger charge is -2.41. The standard InChI is InChI=1S/C25H24BrNO4/c1-29-18-12-20(30-2)23-21(13-18)31-25(16-8-10-17(26)11-9-16)19(14-22(27)24(23,25)28)15-6-4-3-5-7-15/h3-13,19,22,28H,14,27H2,1-2H3. The molecular formula is C25H24BrNO4. The van der Waals surface area contributed by atoms with Crippen LogP contribution >= 0.6 is 15.9 Å². The highest BCUT2D eigenvalue weighted by Crippen LogP contribution is 2.68. The number of ether oxygens (including phenoxy) is 3. The minimum Gasteiger partial charge on any atom is -0.496 e. The highest BCUT2D eigenvalue weighted by Gasteiger charge is 2.72. The zero-order valence-electron chi connectivity index (χ0n) is 17.3. The lowest BCUT2D eigenvalue weighted by molar-refractivity contribution is -0.113. The number of rotatable bonds is 4. The van der Waals surface area contributed by atoms with E-state index in [4.69, 9.17) is 19.9 Å². The molecule has 0 amide bonds. The minimum atomic E-state index is -1.49. The van der Waals surface area contributed by atoms with Crippen molar-refractivity contribution in [1.82, 2.24) is 0 Å². The number of hydrogen-bond donors (Lipinski definition) is 2. The Labute approximate surface area is 189 Å². The molecule has 1 aliphatic heterocycles. The van der Waals surface area contributed by atoms with Crippen LogP contribution < -0.4 is 19.9 Å². The van der Waals surface area contributed by atoms with Crippen molar-refractivity contribution in [3.8, 4) is 17.2 Å². The average Bonchev–Trinajstić information content (AvgIpc) is 3.19. The van der Waals surface area contributed by atoms with Crippen molar-refractivity contribution in [2.24, 2.45) is 5.73 Å². The fourth-order valence-corrected chi connectivity index (χ4v) is 5.62. The molecule has 0 saturated heterocycles. The van der Waals surface area contributed by atoms with E-state index in [1.807, 2.05) is 42.5 Å². The molecule has 31 heavy (non-hydrogen) atoms. The summed E-state index contributed by atoms with van der Waals surface area (Å²) in [4.78, 5) is 0. The Morgan fingerprint density at radius 3 is 2.39 bits per heavy atom. The number of halogens is 1. The van der Waals surface area contributed by atoms with Crippen LogP contribution in [0.15, 0.2) is 71.2 Å². The van der Waals surface area contributed by atoms with Gasteiger partial charge >= 0.3 is 0 Å². The van der Waals surface area contributed by atoms with E-state index < -0.39 is 17.2 Å². The normalized spacial score (nSPS) is 28.5. The zero-order chi connectivity index (χ0) is 21.8. The van der Waals surface area contributed by atoms with Crippen LogP contribution in [0, 0.1) is 0 Å². The van der Waals surface area contributed by atoms with Crippen molar-refractivity contribution < 1.29 is 19.3 Å². The summed E-state index contributed by atoms with van der Waals surface area (Å²) in [6.45, 7) is 0. The summed E-state index contributed by atoms with van der Waals surface area (Å²) in [5, 5.41) is 12.4. The molecule has 3 aromatic rings. The van der Waals surface area contributed by atoms with E-state index in [1.165, 1.54) is 0 Å². The van der Waals surface area contributed by atoms with Crippen LogP contribution in [0.5, 0.6) is 17.2 Å². The first-order chi connectivity index (χ1) is 15.0. The first-order valence-electron chi connectivity index (χ1n) is 10.2. The van der Waals surface area contributed by atoms with Crippen LogP contribution in [-0.4, -0.2) is 25.4 Å². The number of aliphatic hydroxyl groups is 1. The van der Waals surface area contributed by atoms with Crippen molar-refractivity contribution in [3.05, 3.63) is 87.9 Å². The lowest BCUT2D eigenvalue weighted by Crippen LogP contribution is -2.54. The molecule has 0 radical (unpaired) electrons. The van der Waals surface area contributed by atoms with Gasteiger partial charge in [0.05, 0.1) is 19.8 Å². The molecule has 1 saturated carbocycles. The van der Waals surface area contributed by atoms with Crippen molar-refractivity contribution in [3.63, 3.8) is 0 Å². The van der Waals surface area contributed by atoms with Crippen molar-refractivity contribution in [2.75, 3.05) is 14.2 Å². The maximum Gasteiger partial charge on any atom is 0.175 e. The van der Waals surface area contributed by atoms with Gasteiger partial charge < -0.3 is 25.1 Å². The SMILES string of the molecule is COc1cc(OC)c2c(c1)OC1(c3ccc(Br)cc3)C(c3ccccc3)CC(N)C21O. The van der Waals surface area contributed by atoms with Crippen LogP contribution in [0.3, 0.4) is 0 Å². The average molecular weight is 482 g/mol. The topological polar surface area (TPSA) is 73.9 Å². The van der Waals surface area contributed by atoms with Crippen LogP contribution in [0.25, 0.3) is 0 Å². The van der Waals surface area contributed by atoms with E-state index in [-0.39, 0.29) is 5.92 Å². The summed E-state index contributed by atoms with van der Waals surface area (Å²) < 4.78 is 18.8. The van der Waals surface area contributed by atoms with Gasteiger partial charge in [-0.3, -0.25) is 0 Å².